The first-order valence-electron chi connectivity index (χ1n) is 10.4. The average Bonchev–Trinajstić information content (AvgIpc) is 3.10. The molecule has 1 heterocycles. The molecule has 0 fully saturated rings. The number of hydrogen-bond acceptors (Lipinski definition) is 5. The van der Waals surface area contributed by atoms with E-state index in [0.29, 0.717) is 0 Å². The van der Waals surface area contributed by atoms with Crippen molar-refractivity contribution in [1.82, 2.24) is 5.32 Å². The Morgan fingerprint density at radius 3 is 2.50 bits per heavy atom. The van der Waals surface area contributed by atoms with Gasteiger partial charge in [-0.15, -0.1) is 0 Å². The first-order chi connectivity index (χ1) is 16.8. The molecule has 2 atom stereocenters. The Hall–Kier alpha value is -3.05. The predicted molar refractivity (Wildman–Crippen MR) is 131 cm³/mol. The number of sulfone groups is 1. The molecule has 7 nitrogen and oxygen atoms in total. The number of hydrogen-bond donors (Lipinski definition) is 3. The van der Waals surface area contributed by atoms with Gasteiger partial charge in [0.05, 0.1) is 17.9 Å². The Balaban J connectivity index is 1.87. The summed E-state index contributed by atoms with van der Waals surface area (Å²) in [5.41, 5.74) is 0.333. The maximum atomic E-state index is 14.0. The number of halogens is 4. The van der Waals surface area contributed by atoms with Gasteiger partial charge in [-0.1, -0.05) is 23.2 Å². The summed E-state index contributed by atoms with van der Waals surface area (Å²) in [6.07, 6.45) is -0.580. The number of carbonyl (C=O) groups excluding carboxylic acids is 2. The highest BCUT2D eigenvalue weighted by Crippen LogP contribution is 2.41. The van der Waals surface area contributed by atoms with Gasteiger partial charge in [0, 0.05) is 44.2 Å². The van der Waals surface area contributed by atoms with Gasteiger partial charge in [-0.2, -0.15) is 0 Å². The van der Waals surface area contributed by atoms with Crippen LogP contribution in [0.15, 0.2) is 48.5 Å². The van der Waals surface area contributed by atoms with Crippen molar-refractivity contribution in [3.8, 4) is 0 Å². The summed E-state index contributed by atoms with van der Waals surface area (Å²) in [7, 11) is -3.61. The number of carbonyl (C=O) groups is 2. The molecule has 3 aromatic rings. The van der Waals surface area contributed by atoms with Crippen molar-refractivity contribution < 1.29 is 31.9 Å². The van der Waals surface area contributed by atoms with Crippen molar-refractivity contribution in [2.45, 2.75) is 12.1 Å². The number of aliphatic hydroxyl groups excluding tert-OH is 1. The topological polar surface area (TPSA) is 113 Å². The van der Waals surface area contributed by atoms with Crippen LogP contribution in [0.1, 0.15) is 49.6 Å². The molecule has 3 N–H and O–H groups in total. The van der Waals surface area contributed by atoms with Crippen LogP contribution in [0.4, 0.5) is 14.5 Å². The Kier molecular flexibility index (Phi) is 7.07. The molecule has 0 aliphatic carbocycles. The molecule has 3 aromatic carbocycles. The van der Waals surface area contributed by atoms with Crippen LogP contribution in [0, 0.1) is 11.6 Å². The molecular weight excluding hydrogens is 537 g/mol. The zero-order valence-electron chi connectivity index (χ0n) is 18.5. The summed E-state index contributed by atoms with van der Waals surface area (Å²) in [5, 5.41) is 15.9. The molecule has 0 aromatic heterocycles. The fourth-order valence-corrected chi connectivity index (χ4v) is 5.20. The van der Waals surface area contributed by atoms with Crippen molar-refractivity contribution in [3.63, 3.8) is 0 Å². The van der Waals surface area contributed by atoms with Gasteiger partial charge < -0.3 is 15.7 Å². The quantitative estimate of drug-likeness (QED) is 0.417. The zero-order valence-corrected chi connectivity index (χ0v) is 20.8. The molecule has 0 bridgehead atoms. The summed E-state index contributed by atoms with van der Waals surface area (Å²) >= 11 is 12.1. The molecule has 36 heavy (non-hydrogen) atoms. The summed E-state index contributed by atoms with van der Waals surface area (Å²) in [5.74, 6) is -3.42. The fraction of sp³-hybridized carbons (Fsp3) is 0.167. The first-order valence-corrected chi connectivity index (χ1v) is 13.2. The van der Waals surface area contributed by atoms with E-state index in [1.54, 1.807) is 0 Å². The van der Waals surface area contributed by atoms with Crippen LogP contribution in [0.25, 0.3) is 0 Å². The van der Waals surface area contributed by atoms with Crippen LogP contribution >= 0.6 is 23.2 Å². The maximum Gasteiger partial charge on any atom is 0.255 e. The third-order valence-corrected chi connectivity index (χ3v) is 6.98. The number of benzene rings is 3. The molecule has 188 valence electrons. The fourth-order valence-electron chi connectivity index (χ4n) is 3.98. The van der Waals surface area contributed by atoms with Crippen molar-refractivity contribution in [2.24, 2.45) is 0 Å². The lowest BCUT2D eigenvalue weighted by Crippen LogP contribution is -2.21. The van der Waals surface area contributed by atoms with Gasteiger partial charge in [-0.25, -0.2) is 17.2 Å². The van der Waals surface area contributed by atoms with Crippen molar-refractivity contribution in [3.05, 3.63) is 98.0 Å². The van der Waals surface area contributed by atoms with Gasteiger partial charge in [-0.3, -0.25) is 9.59 Å². The van der Waals surface area contributed by atoms with E-state index >= 15 is 0 Å². The summed E-state index contributed by atoms with van der Waals surface area (Å²) in [6.45, 7) is 0. The number of anilines is 1. The standard InChI is InChI=1S/C24H18Cl2F2N2O5S/c1-36(34,35)10-20(31)11-6-17-21(22(30-24(17)33)16-9-14(27)2-3-18(16)26)19(7-11)29-23(32)12-4-13(25)8-15(28)5-12/h2-9,20,22,31H,10H2,1H3,(H,29,32)(H,30,33). The second kappa shape index (κ2) is 9.78. The monoisotopic (exact) mass is 554 g/mol. The van der Waals surface area contributed by atoms with Gasteiger partial charge in [-0.05, 0) is 54.1 Å². The second-order valence-corrected chi connectivity index (χ2v) is 11.4. The molecule has 2 amide bonds. The highest BCUT2D eigenvalue weighted by Gasteiger charge is 2.35. The smallest absolute Gasteiger partial charge is 0.255 e. The van der Waals surface area contributed by atoms with E-state index in [-0.39, 0.29) is 43.5 Å². The van der Waals surface area contributed by atoms with Crippen LogP contribution in [-0.2, 0) is 9.84 Å². The number of rotatable bonds is 6. The minimum Gasteiger partial charge on any atom is -0.387 e. The summed E-state index contributed by atoms with van der Waals surface area (Å²) < 4.78 is 51.3. The lowest BCUT2D eigenvalue weighted by Gasteiger charge is -2.20. The number of fused-ring (bicyclic) bond motifs is 1. The maximum absolute atomic E-state index is 14.0. The van der Waals surface area contributed by atoms with Crippen molar-refractivity contribution in [1.29, 1.82) is 0 Å². The van der Waals surface area contributed by atoms with E-state index in [4.69, 9.17) is 23.2 Å². The van der Waals surface area contributed by atoms with Crippen LogP contribution in [0.3, 0.4) is 0 Å². The largest absolute Gasteiger partial charge is 0.387 e. The molecular formula is C24H18Cl2F2N2O5S. The van der Waals surface area contributed by atoms with E-state index in [1.807, 2.05) is 0 Å². The molecule has 1 aliphatic heterocycles. The SMILES string of the molecule is CS(=O)(=O)CC(O)c1cc(NC(=O)c2cc(F)cc(Cl)c2)c2c(c1)C(=O)NC2c1cc(F)ccc1Cl. The minimum absolute atomic E-state index is 0.00381. The van der Waals surface area contributed by atoms with Gasteiger partial charge in [0.15, 0.2) is 0 Å². The van der Waals surface area contributed by atoms with Crippen molar-refractivity contribution >= 4 is 50.5 Å². The molecule has 0 saturated heterocycles. The molecule has 4 rings (SSSR count). The van der Waals surface area contributed by atoms with Crippen LogP contribution < -0.4 is 10.6 Å². The van der Waals surface area contributed by atoms with E-state index in [0.717, 1.165) is 30.5 Å². The number of amides is 2. The summed E-state index contributed by atoms with van der Waals surface area (Å²) in [4.78, 5) is 25.9. The van der Waals surface area contributed by atoms with Gasteiger partial charge in [0.2, 0.25) is 0 Å². The zero-order chi connectivity index (χ0) is 26.4. The van der Waals surface area contributed by atoms with Crippen molar-refractivity contribution in [2.75, 3.05) is 17.3 Å². The third-order valence-electron chi connectivity index (χ3n) is 5.50. The Bertz CT molecular complexity index is 1490. The highest BCUT2D eigenvalue weighted by atomic mass is 35.5. The van der Waals surface area contributed by atoms with Gasteiger partial charge in [0.25, 0.3) is 11.8 Å². The molecule has 2 unspecified atom stereocenters. The Morgan fingerprint density at radius 2 is 1.83 bits per heavy atom. The Morgan fingerprint density at radius 1 is 1.11 bits per heavy atom. The lowest BCUT2D eigenvalue weighted by atomic mass is 9.93. The molecule has 12 heteroatoms. The predicted octanol–water partition coefficient (Wildman–Crippen LogP) is 4.43. The van der Waals surface area contributed by atoms with Gasteiger partial charge in [0.1, 0.15) is 21.5 Å². The van der Waals surface area contributed by atoms with Crippen LogP contribution in [-0.4, -0.2) is 37.3 Å². The Labute approximate surface area is 215 Å². The molecule has 0 spiro atoms. The van der Waals surface area contributed by atoms with E-state index in [1.165, 1.54) is 24.3 Å². The third kappa shape index (κ3) is 5.52. The highest BCUT2D eigenvalue weighted by molar-refractivity contribution is 7.90. The van der Waals surface area contributed by atoms with Crippen LogP contribution in [0.5, 0.6) is 0 Å². The molecule has 0 radical (unpaired) electrons. The van der Waals surface area contributed by atoms with E-state index in [2.05, 4.69) is 10.6 Å². The molecule has 0 saturated carbocycles. The first kappa shape index (κ1) is 26.0. The van der Waals surface area contributed by atoms with E-state index in [9.17, 15) is 31.9 Å². The second-order valence-electron chi connectivity index (χ2n) is 8.32. The minimum atomic E-state index is -3.61. The molecule has 1 aliphatic rings. The normalized spacial score (nSPS) is 15.8. The lowest BCUT2D eigenvalue weighted by molar-refractivity contribution is 0.0959. The summed E-state index contributed by atoms with van der Waals surface area (Å²) in [6, 6.07) is 8.40. The number of nitrogens with one attached hydrogen (secondary N) is 2. The average molecular weight is 555 g/mol. The van der Waals surface area contributed by atoms with E-state index < -0.39 is 51.2 Å². The van der Waals surface area contributed by atoms with Gasteiger partial charge >= 0.3 is 0 Å². The number of aliphatic hydroxyl groups is 1. The van der Waals surface area contributed by atoms with Crippen LogP contribution in [0.2, 0.25) is 10.0 Å².